The zero-order valence-electron chi connectivity index (χ0n) is 16.2. The van der Waals surface area contributed by atoms with E-state index in [2.05, 4.69) is 55.4 Å². The van der Waals surface area contributed by atoms with Crippen molar-refractivity contribution in [2.75, 3.05) is 0 Å². The Morgan fingerprint density at radius 1 is 0.739 bits per heavy atom. The molecule has 10 heterocycles. The Kier molecular flexibility index (Phi) is 0.496. The minimum absolute atomic E-state index is 0.619. The molecule has 9 atom stereocenters. The molecule has 10 saturated heterocycles. The molecule has 0 amide bonds. The van der Waals surface area contributed by atoms with Crippen molar-refractivity contribution in [2.24, 2.45) is 10.8 Å². The number of hydrogen-bond acceptors (Lipinski definition) is 0. The van der Waals surface area contributed by atoms with Gasteiger partial charge in [-0.3, -0.25) is 0 Å². The van der Waals surface area contributed by atoms with Crippen molar-refractivity contribution in [3.8, 4) is 0 Å². The molecule has 0 aromatic heterocycles. The molecule has 0 N–H and O–H groups in total. The van der Waals surface area contributed by atoms with Crippen molar-refractivity contribution in [3.05, 3.63) is 0 Å². The van der Waals surface area contributed by atoms with Crippen molar-refractivity contribution in [1.29, 1.82) is 0 Å². The molecule has 9 unspecified atom stereocenters. The molecule has 130 valence electrons. The van der Waals surface area contributed by atoms with E-state index in [1.165, 1.54) is 28.9 Å². The first-order chi connectivity index (χ1) is 10.3. The van der Waals surface area contributed by atoms with E-state index in [4.69, 9.17) is 0 Å². The molecular formula is C22H34Fe. The summed E-state index contributed by atoms with van der Waals surface area (Å²) in [5.74, 6) is 0. The minimum atomic E-state index is -3.53. The summed E-state index contributed by atoms with van der Waals surface area (Å²) in [4.78, 5) is 8.33. The van der Waals surface area contributed by atoms with Crippen LogP contribution in [0.3, 0.4) is 0 Å². The average Bonchev–Trinajstić information content (AvgIpc) is 3.37. The van der Waals surface area contributed by atoms with E-state index in [9.17, 15) is 0 Å². The third-order valence-electron chi connectivity index (χ3n) is 19.0. The zero-order chi connectivity index (χ0) is 16.2. The van der Waals surface area contributed by atoms with Crippen molar-refractivity contribution in [3.63, 3.8) is 0 Å². The van der Waals surface area contributed by atoms with Gasteiger partial charge < -0.3 is 0 Å². The Bertz CT molecular complexity index is 1260. The fourth-order valence-electron chi connectivity index (χ4n) is 24.7. The molecule has 0 saturated carbocycles. The van der Waals surface area contributed by atoms with Crippen LogP contribution in [0.15, 0.2) is 0 Å². The maximum absolute atomic E-state index is 3.53. The van der Waals surface area contributed by atoms with E-state index < -0.39 is 6.51 Å². The molecule has 10 fully saturated rings. The van der Waals surface area contributed by atoms with Gasteiger partial charge in [-0.1, -0.05) is 0 Å². The van der Waals surface area contributed by atoms with Gasteiger partial charge in [0.2, 0.25) is 0 Å². The molecule has 1 spiro atoms. The summed E-state index contributed by atoms with van der Waals surface area (Å²) in [5, 5.41) is 0. The molecule has 10 aliphatic heterocycles. The van der Waals surface area contributed by atoms with Crippen LogP contribution in [0, 0.1) is 10.8 Å². The van der Waals surface area contributed by atoms with Gasteiger partial charge in [-0.05, 0) is 0 Å². The fourth-order valence-corrected chi connectivity index (χ4v) is 114. The maximum atomic E-state index is 2.71. The normalized spacial score (nSPS) is 103. The first kappa shape index (κ1) is 11.3. The van der Waals surface area contributed by atoms with Gasteiger partial charge in [0, 0.05) is 0 Å². The molecule has 0 aliphatic carbocycles. The van der Waals surface area contributed by atoms with Crippen LogP contribution in [0.25, 0.3) is 0 Å². The van der Waals surface area contributed by atoms with E-state index in [0.29, 0.717) is 10.8 Å². The van der Waals surface area contributed by atoms with Gasteiger partial charge in [-0.15, -0.1) is 0 Å². The number of rotatable bonds is 2. The van der Waals surface area contributed by atoms with Crippen LogP contribution >= 0.6 is 0 Å². The SMILES string of the molecule is CC[C]12[CH]3[CH]4[C]5(C(C)(C)C)[C]1(CC)[Fe]34251678[CH]2[CH]1[CH]6[C]7(C(C)(C)C)[CH]28. The topological polar surface area (TPSA) is 0 Å². The van der Waals surface area contributed by atoms with E-state index in [0.717, 1.165) is 17.3 Å². The van der Waals surface area contributed by atoms with Gasteiger partial charge in [0.1, 0.15) is 0 Å². The van der Waals surface area contributed by atoms with Crippen LogP contribution in [-0.2, 0) is 6.51 Å². The summed E-state index contributed by atoms with van der Waals surface area (Å²) in [6.45, 7) is 18.1. The second-order valence-electron chi connectivity index (χ2n) is 15.4. The summed E-state index contributed by atoms with van der Waals surface area (Å²) in [5.41, 5.74) is 1.25. The molecule has 10 rings (SSSR count). The predicted octanol–water partition coefficient (Wildman–Crippen LogP) is 7.77. The number of hydrogen-bond donors (Lipinski definition) is 0. The van der Waals surface area contributed by atoms with E-state index in [1.807, 2.05) is 0 Å². The summed E-state index contributed by atoms with van der Waals surface area (Å²) in [6.07, 6.45) is 3.23. The summed E-state index contributed by atoms with van der Waals surface area (Å²) < 4.78 is 3.94. The summed E-state index contributed by atoms with van der Waals surface area (Å²) in [7, 11) is 0. The van der Waals surface area contributed by atoms with Crippen molar-refractivity contribution >= 4 is 0 Å². The molecular weight excluding hydrogens is 320 g/mol. The fraction of sp³-hybridized carbons (Fsp3) is 1.00. The Hall–Kier alpha value is 0.519. The van der Waals surface area contributed by atoms with Gasteiger partial charge in [0.15, 0.2) is 0 Å². The van der Waals surface area contributed by atoms with Gasteiger partial charge in [-0.25, -0.2) is 0 Å². The second-order valence-corrected chi connectivity index (χ2v) is 38.2. The molecule has 0 nitrogen and oxygen atoms in total. The Balaban J connectivity index is 1.61. The Labute approximate surface area is 131 Å². The molecule has 10 aliphatic rings. The quantitative estimate of drug-likeness (QED) is 0.444. The van der Waals surface area contributed by atoms with Crippen molar-refractivity contribution < 1.29 is 6.51 Å². The van der Waals surface area contributed by atoms with Crippen molar-refractivity contribution in [2.45, 2.75) is 114 Å². The molecule has 0 bridgehead atoms. The monoisotopic (exact) mass is 354 g/mol. The molecule has 0 aromatic carbocycles. The van der Waals surface area contributed by atoms with Crippen LogP contribution in [0.5, 0.6) is 0 Å². The Morgan fingerprint density at radius 2 is 1.30 bits per heavy atom. The average molecular weight is 354 g/mol. The van der Waals surface area contributed by atoms with Crippen LogP contribution in [0.2, 0.25) is 46.2 Å². The van der Waals surface area contributed by atoms with Gasteiger partial charge >= 0.3 is 132 Å². The third-order valence-corrected chi connectivity index (χ3v) is 65.2. The van der Waals surface area contributed by atoms with Crippen LogP contribution < -0.4 is 0 Å². The van der Waals surface area contributed by atoms with Gasteiger partial charge in [0.05, 0.1) is 0 Å². The molecule has 0 radical (unpaired) electrons. The standard InChI is InChI=1S/C13H21.C9H13.Fe/c1-6-10-8-9-12(11(10)7-2)13(3,4)5;1-9(2,3)8-6-4-5-7-8;/h8-9H,6-7H2,1-5H3;4-7H,1-3H3;. The predicted molar refractivity (Wildman–Crippen MR) is 92.8 cm³/mol. The zero-order valence-corrected chi connectivity index (χ0v) is 17.3. The van der Waals surface area contributed by atoms with E-state index in [-0.39, 0.29) is 0 Å². The number of fused-ring (bicyclic) bond motifs is 10. The summed E-state index contributed by atoms with van der Waals surface area (Å²) in [6, 6.07) is 0. The van der Waals surface area contributed by atoms with E-state index in [1.54, 1.807) is 12.8 Å². The second kappa shape index (κ2) is 1.01. The molecule has 1 heteroatoms. The molecule has 0 aromatic rings. The Morgan fingerprint density at radius 3 is 1.61 bits per heavy atom. The van der Waals surface area contributed by atoms with E-state index >= 15 is 0 Å². The van der Waals surface area contributed by atoms with Crippen LogP contribution in [0.1, 0.15) is 68.2 Å². The summed E-state index contributed by atoms with van der Waals surface area (Å²) >= 11 is 0. The molecule has 23 heavy (non-hydrogen) atoms. The van der Waals surface area contributed by atoms with Crippen molar-refractivity contribution in [1.82, 2.24) is 0 Å². The first-order valence-electron chi connectivity index (χ1n) is 10.5. The van der Waals surface area contributed by atoms with Crippen LogP contribution in [-0.4, -0.2) is 0 Å². The van der Waals surface area contributed by atoms with Crippen LogP contribution in [0.4, 0.5) is 0 Å². The third kappa shape index (κ3) is 0.122. The van der Waals surface area contributed by atoms with Gasteiger partial charge in [-0.2, -0.15) is 0 Å². The first-order valence-corrected chi connectivity index (χ1v) is 16.6. The van der Waals surface area contributed by atoms with Gasteiger partial charge in [0.25, 0.3) is 0 Å².